The van der Waals surface area contributed by atoms with Crippen molar-refractivity contribution in [1.29, 1.82) is 0 Å². The molecule has 0 bridgehead atoms. The average molecular weight is 235 g/mol. The number of benzene rings is 1. The summed E-state index contributed by atoms with van der Waals surface area (Å²) >= 11 is 0. The van der Waals surface area contributed by atoms with E-state index in [2.05, 4.69) is 11.7 Å². The Labute approximate surface area is 101 Å². The van der Waals surface area contributed by atoms with Gasteiger partial charge in [-0.3, -0.25) is 0 Å². The van der Waals surface area contributed by atoms with Crippen LogP contribution in [0.5, 0.6) is 5.75 Å². The van der Waals surface area contributed by atoms with Gasteiger partial charge in [-0.1, -0.05) is 31.9 Å². The Morgan fingerprint density at radius 1 is 1.29 bits per heavy atom. The minimum absolute atomic E-state index is 0.169. The van der Waals surface area contributed by atoms with Crippen LogP contribution >= 0.6 is 0 Å². The molecule has 4 heteroatoms. The monoisotopic (exact) mass is 235 g/mol. The molecule has 0 aromatic heterocycles. The summed E-state index contributed by atoms with van der Waals surface area (Å²) in [5, 5.41) is 0. The van der Waals surface area contributed by atoms with Crippen LogP contribution < -0.4 is 4.74 Å². The molecule has 0 saturated carbocycles. The molecule has 0 N–H and O–H groups in total. The van der Waals surface area contributed by atoms with Crippen molar-refractivity contribution in [3.8, 4) is 5.75 Å². The van der Waals surface area contributed by atoms with Gasteiger partial charge in [0.25, 0.3) is 0 Å². The quantitative estimate of drug-likeness (QED) is 0.538. The van der Waals surface area contributed by atoms with Gasteiger partial charge in [0.1, 0.15) is 11.3 Å². The topological polar surface area (TPSA) is 52.6 Å². The molecule has 0 saturated heterocycles. The van der Waals surface area contributed by atoms with Crippen molar-refractivity contribution in [3.05, 3.63) is 29.8 Å². The lowest BCUT2D eigenvalue weighted by Crippen LogP contribution is -2.08. The molecule has 17 heavy (non-hydrogen) atoms. The van der Waals surface area contributed by atoms with Crippen molar-refractivity contribution in [1.82, 2.24) is 0 Å². The number of hydrogen-bond acceptors (Lipinski definition) is 4. The first-order valence-corrected chi connectivity index (χ1v) is 5.59. The highest BCUT2D eigenvalue weighted by Crippen LogP contribution is 2.18. The number of carbonyl (C=O) groups is 1. The first-order valence-electron chi connectivity index (χ1n) is 5.59. The molecule has 0 atom stereocenters. The lowest BCUT2D eigenvalue weighted by Gasteiger charge is -2.06. The van der Waals surface area contributed by atoms with Crippen LogP contribution in [0.15, 0.2) is 24.3 Å². The van der Waals surface area contributed by atoms with Crippen LogP contribution in [0.3, 0.4) is 0 Å². The zero-order valence-electron chi connectivity index (χ0n) is 9.77. The van der Waals surface area contributed by atoms with Crippen LogP contribution in [0.2, 0.25) is 0 Å². The molecule has 91 valence electrons. The largest absolute Gasteiger partial charge is 0.462 e. The molecule has 0 unspecified atom stereocenters. The fourth-order valence-corrected chi connectivity index (χ4v) is 1.36. The summed E-state index contributed by atoms with van der Waals surface area (Å²) in [6, 6.07) is 6.42. The number of esters is 1. The Balaban J connectivity index is 2.58. The summed E-state index contributed by atoms with van der Waals surface area (Å²) in [4.78, 5) is 21.8. The number of unbranched alkanes of at least 4 members (excludes halogenated alkanes) is 2. The van der Waals surface area contributed by atoms with E-state index in [0.29, 0.717) is 6.61 Å². The van der Waals surface area contributed by atoms with E-state index in [0.717, 1.165) is 19.3 Å². The molecule has 0 fully saturated rings. The van der Waals surface area contributed by atoms with Crippen molar-refractivity contribution < 1.29 is 19.1 Å². The lowest BCUT2D eigenvalue weighted by atomic mass is 10.2. The van der Waals surface area contributed by atoms with Crippen molar-refractivity contribution in [2.75, 3.05) is 6.61 Å². The third-order valence-corrected chi connectivity index (χ3v) is 2.24. The maximum absolute atomic E-state index is 11.7. The second-order valence-electron chi connectivity index (χ2n) is 3.52. The molecule has 4 nitrogen and oxygen atoms in total. The molecule has 1 aromatic carbocycles. The maximum Gasteiger partial charge on any atom is 0.423 e. The normalized spacial score (nSPS) is 9.71. The Morgan fingerprint density at radius 2 is 2.06 bits per heavy atom. The molecule has 0 spiro atoms. The molecule has 1 radical (unpaired) electrons. The molecule has 0 aliphatic heterocycles. The Hall–Kier alpha value is -1.84. The average Bonchev–Trinajstić information content (AvgIpc) is 2.35. The second-order valence-corrected chi connectivity index (χ2v) is 3.52. The van der Waals surface area contributed by atoms with Crippen molar-refractivity contribution in [3.63, 3.8) is 0 Å². The van der Waals surface area contributed by atoms with E-state index in [1.54, 1.807) is 18.2 Å². The Kier molecular flexibility index (Phi) is 5.79. The van der Waals surface area contributed by atoms with Gasteiger partial charge in [0, 0.05) is 0 Å². The van der Waals surface area contributed by atoms with Crippen LogP contribution in [-0.2, 0) is 9.53 Å². The summed E-state index contributed by atoms with van der Waals surface area (Å²) in [6.45, 7) is 3.75. The van der Waals surface area contributed by atoms with E-state index in [9.17, 15) is 9.59 Å². The molecule has 0 amide bonds. The van der Waals surface area contributed by atoms with Crippen molar-refractivity contribution in [2.24, 2.45) is 0 Å². The van der Waals surface area contributed by atoms with Crippen LogP contribution in [0, 0.1) is 0 Å². The van der Waals surface area contributed by atoms with E-state index in [-0.39, 0.29) is 11.3 Å². The predicted octanol–water partition coefficient (Wildman–Crippen LogP) is 2.48. The summed E-state index contributed by atoms with van der Waals surface area (Å²) in [5.74, 6) is -0.310. The van der Waals surface area contributed by atoms with Gasteiger partial charge in [0.2, 0.25) is 0 Å². The summed E-state index contributed by atoms with van der Waals surface area (Å²) in [5.41, 5.74) is 0.243. The molecule has 1 aromatic rings. The molecule has 1 rings (SSSR count). The van der Waals surface area contributed by atoms with Gasteiger partial charge in [-0.15, -0.1) is 0 Å². The van der Waals surface area contributed by atoms with Crippen LogP contribution in [0.4, 0.5) is 0 Å². The van der Waals surface area contributed by atoms with E-state index < -0.39 is 5.97 Å². The highest BCUT2D eigenvalue weighted by Gasteiger charge is 2.13. The van der Waals surface area contributed by atoms with Gasteiger partial charge in [-0.2, -0.15) is 0 Å². The SMILES string of the molecule is CCCCCOC(=O)c1ccccc1O[C]=O. The third-order valence-electron chi connectivity index (χ3n) is 2.24. The van der Waals surface area contributed by atoms with Gasteiger partial charge >= 0.3 is 12.4 Å². The zero-order chi connectivity index (χ0) is 12.5. The van der Waals surface area contributed by atoms with Crippen LogP contribution in [0.1, 0.15) is 36.5 Å². The number of ether oxygens (including phenoxy) is 2. The minimum atomic E-state index is -0.480. The van der Waals surface area contributed by atoms with Gasteiger partial charge in [-0.05, 0) is 18.6 Å². The number of hydrogen-bond donors (Lipinski definition) is 0. The summed E-state index contributed by atoms with van der Waals surface area (Å²) in [6.07, 6.45) is 2.93. The van der Waals surface area contributed by atoms with Gasteiger partial charge in [0.15, 0.2) is 0 Å². The first kappa shape index (κ1) is 13.2. The zero-order valence-corrected chi connectivity index (χ0v) is 9.77. The molecular formula is C13H15O4. The standard InChI is InChI=1S/C13H15O4/c1-2-3-6-9-16-13(15)11-7-4-5-8-12(11)17-10-14/h4-5,7-8H,2-3,6,9H2,1H3. The third kappa shape index (κ3) is 4.26. The minimum Gasteiger partial charge on any atom is -0.462 e. The Bertz CT molecular complexity index is 373. The number of para-hydroxylation sites is 1. The van der Waals surface area contributed by atoms with Crippen molar-refractivity contribution in [2.45, 2.75) is 26.2 Å². The molecular weight excluding hydrogens is 220 g/mol. The Morgan fingerprint density at radius 3 is 2.76 bits per heavy atom. The predicted molar refractivity (Wildman–Crippen MR) is 62.6 cm³/mol. The lowest BCUT2D eigenvalue weighted by molar-refractivity contribution is 0.0496. The maximum atomic E-state index is 11.7. The fourth-order valence-electron chi connectivity index (χ4n) is 1.36. The summed E-state index contributed by atoms with van der Waals surface area (Å²) < 4.78 is 9.65. The van der Waals surface area contributed by atoms with E-state index in [1.165, 1.54) is 12.5 Å². The van der Waals surface area contributed by atoms with Gasteiger partial charge < -0.3 is 9.47 Å². The number of rotatable bonds is 7. The van der Waals surface area contributed by atoms with Crippen LogP contribution in [-0.4, -0.2) is 19.0 Å². The second kappa shape index (κ2) is 7.44. The van der Waals surface area contributed by atoms with E-state index in [1.807, 2.05) is 0 Å². The molecule has 0 heterocycles. The van der Waals surface area contributed by atoms with Crippen molar-refractivity contribution >= 4 is 12.4 Å². The van der Waals surface area contributed by atoms with Crippen LogP contribution in [0.25, 0.3) is 0 Å². The molecule has 0 aliphatic rings. The van der Waals surface area contributed by atoms with Gasteiger partial charge in [-0.25, -0.2) is 9.59 Å². The fraction of sp³-hybridized carbons (Fsp3) is 0.385. The highest BCUT2D eigenvalue weighted by atomic mass is 16.5. The first-order chi connectivity index (χ1) is 8.29. The molecule has 0 aliphatic carbocycles. The number of carbonyl (C=O) groups excluding carboxylic acids is 2. The highest BCUT2D eigenvalue weighted by molar-refractivity contribution is 5.92. The summed E-state index contributed by atoms with van der Waals surface area (Å²) in [7, 11) is 0. The van der Waals surface area contributed by atoms with E-state index in [4.69, 9.17) is 4.74 Å². The smallest absolute Gasteiger partial charge is 0.423 e. The van der Waals surface area contributed by atoms with Gasteiger partial charge in [0.05, 0.1) is 6.61 Å². The van der Waals surface area contributed by atoms with E-state index >= 15 is 0 Å².